The van der Waals surface area contributed by atoms with Gasteiger partial charge >= 0.3 is 0 Å². The van der Waals surface area contributed by atoms with Gasteiger partial charge in [-0.25, -0.2) is 0 Å². The Morgan fingerprint density at radius 1 is 1.06 bits per heavy atom. The third-order valence-corrected chi connectivity index (χ3v) is 3.51. The molecule has 1 aromatic carbocycles. The van der Waals surface area contributed by atoms with Crippen LogP contribution in [0.15, 0.2) is 18.2 Å². The fourth-order valence-electron chi connectivity index (χ4n) is 3.01. The van der Waals surface area contributed by atoms with Crippen molar-refractivity contribution in [3.05, 3.63) is 23.8 Å². The van der Waals surface area contributed by atoms with Crippen LogP contribution in [0.3, 0.4) is 0 Å². The van der Waals surface area contributed by atoms with Gasteiger partial charge in [-0.1, -0.05) is 13.8 Å². The van der Waals surface area contributed by atoms with Crippen LogP contribution in [0.1, 0.15) is 38.7 Å². The molecule has 0 saturated heterocycles. The van der Waals surface area contributed by atoms with Gasteiger partial charge < -0.3 is 10.5 Å². The van der Waals surface area contributed by atoms with Crippen LogP contribution >= 0.6 is 0 Å². The van der Waals surface area contributed by atoms with Crippen LogP contribution in [-0.4, -0.2) is 6.10 Å². The second kappa shape index (κ2) is 4.99. The lowest BCUT2D eigenvalue weighted by Gasteiger charge is -2.31. The molecule has 2 unspecified atom stereocenters. The second-order valence-electron chi connectivity index (χ2n) is 5.74. The maximum absolute atomic E-state index is 6.08. The Morgan fingerprint density at radius 3 is 2.29 bits per heavy atom. The highest BCUT2D eigenvalue weighted by Crippen LogP contribution is 2.31. The molecule has 2 N–H and O–H groups in total. The van der Waals surface area contributed by atoms with Gasteiger partial charge in [-0.05, 0) is 55.7 Å². The van der Waals surface area contributed by atoms with Crippen molar-refractivity contribution < 1.29 is 4.74 Å². The molecule has 94 valence electrons. The lowest BCUT2D eigenvalue weighted by atomic mass is 9.82. The maximum Gasteiger partial charge on any atom is 0.122 e. The van der Waals surface area contributed by atoms with E-state index in [2.05, 4.69) is 26.8 Å². The number of hydrogen-bond acceptors (Lipinski definition) is 2. The Labute approximate surface area is 104 Å². The first-order valence-corrected chi connectivity index (χ1v) is 6.56. The smallest absolute Gasteiger partial charge is 0.122 e. The van der Waals surface area contributed by atoms with Crippen molar-refractivity contribution in [2.45, 2.75) is 46.1 Å². The SMILES string of the molecule is Cc1cc(N)cc(OC2CC(C)CC(C)C2)c1. The third-order valence-electron chi connectivity index (χ3n) is 3.51. The van der Waals surface area contributed by atoms with Gasteiger partial charge in [-0.15, -0.1) is 0 Å². The first-order chi connectivity index (χ1) is 8.02. The second-order valence-corrected chi connectivity index (χ2v) is 5.74. The third kappa shape index (κ3) is 3.39. The zero-order valence-corrected chi connectivity index (χ0v) is 11.1. The molecule has 0 heterocycles. The summed E-state index contributed by atoms with van der Waals surface area (Å²) in [6.07, 6.45) is 4.02. The zero-order valence-electron chi connectivity index (χ0n) is 11.1. The monoisotopic (exact) mass is 233 g/mol. The average molecular weight is 233 g/mol. The standard InChI is InChI=1S/C15H23NO/c1-10-4-11(2)7-14(6-10)17-15-8-12(3)5-13(16)9-15/h5,8-11,14H,4,6-7,16H2,1-3H3. The number of nitrogens with two attached hydrogens (primary N) is 1. The lowest BCUT2D eigenvalue weighted by molar-refractivity contribution is 0.101. The fraction of sp³-hybridized carbons (Fsp3) is 0.600. The van der Waals surface area contributed by atoms with Crippen LogP contribution in [-0.2, 0) is 0 Å². The molecule has 1 fully saturated rings. The molecule has 0 aromatic heterocycles. The minimum atomic E-state index is 0.356. The van der Waals surface area contributed by atoms with Gasteiger partial charge in [-0.2, -0.15) is 0 Å². The first kappa shape index (κ1) is 12.3. The summed E-state index contributed by atoms with van der Waals surface area (Å²) in [6, 6.07) is 5.97. The van der Waals surface area contributed by atoms with E-state index in [0.717, 1.165) is 41.7 Å². The van der Waals surface area contributed by atoms with Crippen molar-refractivity contribution in [2.75, 3.05) is 5.73 Å². The first-order valence-electron chi connectivity index (χ1n) is 6.56. The Hall–Kier alpha value is -1.18. The maximum atomic E-state index is 6.08. The number of ether oxygens (including phenoxy) is 1. The quantitative estimate of drug-likeness (QED) is 0.789. The van der Waals surface area contributed by atoms with Crippen LogP contribution in [0.2, 0.25) is 0 Å². The van der Waals surface area contributed by atoms with E-state index >= 15 is 0 Å². The summed E-state index contributed by atoms with van der Waals surface area (Å²) in [6.45, 7) is 6.68. The summed E-state index contributed by atoms with van der Waals surface area (Å²) in [5, 5.41) is 0. The summed E-state index contributed by atoms with van der Waals surface area (Å²) >= 11 is 0. The molecular weight excluding hydrogens is 210 g/mol. The molecule has 1 aliphatic rings. The van der Waals surface area contributed by atoms with Gasteiger partial charge in [0.05, 0.1) is 6.10 Å². The van der Waals surface area contributed by atoms with Crippen molar-refractivity contribution in [3.8, 4) is 5.75 Å². The van der Waals surface area contributed by atoms with Crippen LogP contribution in [0.25, 0.3) is 0 Å². The van der Waals surface area contributed by atoms with E-state index in [-0.39, 0.29) is 0 Å². The number of nitrogen functional groups attached to an aromatic ring is 1. The molecule has 2 heteroatoms. The van der Waals surface area contributed by atoms with E-state index in [1.807, 2.05) is 12.1 Å². The van der Waals surface area contributed by atoms with E-state index in [1.165, 1.54) is 6.42 Å². The molecule has 0 radical (unpaired) electrons. The highest BCUT2D eigenvalue weighted by Gasteiger charge is 2.25. The summed E-state index contributed by atoms with van der Waals surface area (Å²) in [7, 11) is 0. The molecule has 1 aliphatic carbocycles. The van der Waals surface area contributed by atoms with Gasteiger partial charge in [0.15, 0.2) is 0 Å². The van der Waals surface area contributed by atoms with Gasteiger partial charge in [-0.3, -0.25) is 0 Å². The van der Waals surface area contributed by atoms with E-state index in [9.17, 15) is 0 Å². The van der Waals surface area contributed by atoms with Crippen molar-refractivity contribution in [1.82, 2.24) is 0 Å². The predicted octanol–water partition coefficient (Wildman–Crippen LogP) is 3.78. The Kier molecular flexibility index (Phi) is 3.60. The van der Waals surface area contributed by atoms with Gasteiger partial charge in [0.25, 0.3) is 0 Å². The number of aryl methyl sites for hydroxylation is 1. The predicted molar refractivity (Wildman–Crippen MR) is 72.2 cm³/mol. The molecule has 2 rings (SSSR count). The largest absolute Gasteiger partial charge is 0.490 e. The summed E-state index contributed by atoms with van der Waals surface area (Å²) in [4.78, 5) is 0. The number of hydrogen-bond donors (Lipinski definition) is 1. The van der Waals surface area contributed by atoms with Crippen LogP contribution < -0.4 is 10.5 Å². The van der Waals surface area contributed by atoms with Crippen LogP contribution in [0.5, 0.6) is 5.75 Å². The number of rotatable bonds is 2. The lowest BCUT2D eigenvalue weighted by Crippen LogP contribution is -2.28. The highest BCUT2D eigenvalue weighted by molar-refractivity contribution is 5.47. The van der Waals surface area contributed by atoms with Gasteiger partial charge in [0.2, 0.25) is 0 Å². The van der Waals surface area contributed by atoms with Crippen LogP contribution in [0, 0.1) is 18.8 Å². The topological polar surface area (TPSA) is 35.2 Å². The Morgan fingerprint density at radius 2 is 1.71 bits per heavy atom. The fourth-order valence-corrected chi connectivity index (χ4v) is 3.01. The van der Waals surface area contributed by atoms with E-state index < -0.39 is 0 Å². The van der Waals surface area contributed by atoms with E-state index in [1.54, 1.807) is 0 Å². The van der Waals surface area contributed by atoms with Gasteiger partial charge in [0.1, 0.15) is 5.75 Å². The Balaban J connectivity index is 2.04. The number of benzene rings is 1. The molecule has 2 atom stereocenters. The molecule has 0 spiro atoms. The van der Waals surface area contributed by atoms with E-state index in [4.69, 9.17) is 10.5 Å². The van der Waals surface area contributed by atoms with Crippen molar-refractivity contribution >= 4 is 5.69 Å². The zero-order chi connectivity index (χ0) is 12.4. The molecule has 17 heavy (non-hydrogen) atoms. The van der Waals surface area contributed by atoms with E-state index in [0.29, 0.717) is 6.10 Å². The van der Waals surface area contributed by atoms with Crippen LogP contribution in [0.4, 0.5) is 5.69 Å². The molecule has 1 aromatic rings. The minimum Gasteiger partial charge on any atom is -0.490 e. The molecule has 0 bridgehead atoms. The molecular formula is C15H23NO. The molecule has 2 nitrogen and oxygen atoms in total. The van der Waals surface area contributed by atoms with Crippen molar-refractivity contribution in [2.24, 2.45) is 11.8 Å². The van der Waals surface area contributed by atoms with Crippen molar-refractivity contribution in [3.63, 3.8) is 0 Å². The minimum absolute atomic E-state index is 0.356. The summed E-state index contributed by atoms with van der Waals surface area (Å²) < 4.78 is 6.08. The number of anilines is 1. The van der Waals surface area contributed by atoms with Crippen molar-refractivity contribution in [1.29, 1.82) is 0 Å². The normalized spacial score (nSPS) is 29.0. The molecule has 0 amide bonds. The summed E-state index contributed by atoms with van der Waals surface area (Å²) in [5.74, 6) is 2.46. The summed E-state index contributed by atoms with van der Waals surface area (Å²) in [5.41, 5.74) is 7.79. The molecule has 1 saturated carbocycles. The van der Waals surface area contributed by atoms with Gasteiger partial charge in [0, 0.05) is 11.8 Å². The average Bonchev–Trinajstić information content (AvgIpc) is 2.13. The highest BCUT2D eigenvalue weighted by atomic mass is 16.5. The Bertz CT molecular complexity index is 358. The molecule has 0 aliphatic heterocycles.